The van der Waals surface area contributed by atoms with Crippen molar-refractivity contribution >= 4 is 5.91 Å². The van der Waals surface area contributed by atoms with Crippen molar-refractivity contribution in [3.63, 3.8) is 0 Å². The molecule has 0 aliphatic heterocycles. The molecule has 106 valence electrons. The molecular formula is C15H18N2O3. The summed E-state index contributed by atoms with van der Waals surface area (Å²) in [5.74, 6) is -0.113. The first-order chi connectivity index (χ1) is 9.50. The molecule has 1 aromatic heterocycles. The van der Waals surface area contributed by atoms with Crippen LogP contribution in [0.4, 0.5) is 0 Å². The number of hydrogen-bond donors (Lipinski definition) is 2. The van der Waals surface area contributed by atoms with Crippen LogP contribution in [-0.2, 0) is 0 Å². The Morgan fingerprint density at radius 3 is 2.45 bits per heavy atom. The van der Waals surface area contributed by atoms with Gasteiger partial charge in [0.2, 0.25) is 0 Å². The zero-order chi connectivity index (χ0) is 14.7. The number of carbonyl (C=O) groups is 1. The fraction of sp³-hybridized carbons (Fsp3) is 0.333. The van der Waals surface area contributed by atoms with E-state index in [9.17, 15) is 9.90 Å². The Morgan fingerprint density at radius 1 is 1.25 bits per heavy atom. The van der Waals surface area contributed by atoms with E-state index in [0.29, 0.717) is 11.3 Å². The number of aliphatic hydroxyl groups excluding tert-OH is 1. The largest absolute Gasteiger partial charge is 0.385 e. The molecule has 2 N–H and O–H groups in total. The van der Waals surface area contributed by atoms with Gasteiger partial charge in [-0.3, -0.25) is 4.79 Å². The van der Waals surface area contributed by atoms with E-state index < -0.39 is 6.10 Å². The second-order valence-electron chi connectivity index (χ2n) is 4.94. The quantitative estimate of drug-likeness (QED) is 0.898. The lowest BCUT2D eigenvalue weighted by Gasteiger charge is -2.10. The van der Waals surface area contributed by atoms with Crippen LogP contribution in [-0.4, -0.2) is 22.2 Å². The molecule has 1 unspecified atom stereocenters. The van der Waals surface area contributed by atoms with Crippen molar-refractivity contribution in [2.45, 2.75) is 32.9 Å². The van der Waals surface area contributed by atoms with Gasteiger partial charge in [0.25, 0.3) is 5.91 Å². The van der Waals surface area contributed by atoms with Crippen LogP contribution < -0.4 is 5.32 Å². The molecule has 0 aliphatic rings. The predicted octanol–water partition coefficient (Wildman–Crippen LogP) is 2.53. The molecular weight excluding hydrogens is 256 g/mol. The summed E-state index contributed by atoms with van der Waals surface area (Å²) in [7, 11) is 0. The maximum atomic E-state index is 12.3. The van der Waals surface area contributed by atoms with E-state index in [1.54, 1.807) is 6.92 Å². The maximum absolute atomic E-state index is 12.3. The van der Waals surface area contributed by atoms with E-state index in [2.05, 4.69) is 10.5 Å². The molecule has 0 bridgehead atoms. The van der Waals surface area contributed by atoms with Gasteiger partial charge in [0.1, 0.15) is 17.4 Å². The van der Waals surface area contributed by atoms with Crippen molar-refractivity contribution in [2.24, 2.45) is 0 Å². The number of amides is 1. The smallest absolute Gasteiger partial charge is 0.257 e. The van der Waals surface area contributed by atoms with Crippen LogP contribution in [0.5, 0.6) is 0 Å². The zero-order valence-electron chi connectivity index (χ0n) is 11.8. The van der Waals surface area contributed by atoms with Gasteiger partial charge in [-0.1, -0.05) is 35.5 Å². The second-order valence-corrected chi connectivity index (χ2v) is 4.94. The molecule has 1 heterocycles. The third-order valence-electron chi connectivity index (χ3n) is 2.79. The van der Waals surface area contributed by atoms with Gasteiger partial charge in [0.05, 0.1) is 0 Å². The van der Waals surface area contributed by atoms with Crippen molar-refractivity contribution in [3.05, 3.63) is 41.7 Å². The third kappa shape index (κ3) is 2.88. The summed E-state index contributed by atoms with van der Waals surface area (Å²) in [5, 5.41) is 16.5. The van der Waals surface area contributed by atoms with Gasteiger partial charge in [-0.05, 0) is 20.8 Å². The van der Waals surface area contributed by atoms with Crippen molar-refractivity contribution in [1.82, 2.24) is 10.5 Å². The Kier molecular flexibility index (Phi) is 4.20. The fourth-order valence-electron chi connectivity index (χ4n) is 1.93. The van der Waals surface area contributed by atoms with Crippen LogP contribution in [0.2, 0.25) is 0 Å². The normalized spacial score (nSPS) is 12.4. The van der Waals surface area contributed by atoms with Crippen LogP contribution in [0.1, 0.15) is 43.0 Å². The number of hydrogen-bond acceptors (Lipinski definition) is 4. The summed E-state index contributed by atoms with van der Waals surface area (Å²) < 4.78 is 5.15. The molecule has 0 fully saturated rings. The molecule has 5 heteroatoms. The molecule has 20 heavy (non-hydrogen) atoms. The van der Waals surface area contributed by atoms with E-state index in [-0.39, 0.29) is 17.7 Å². The van der Waals surface area contributed by atoms with Crippen molar-refractivity contribution in [1.29, 1.82) is 0 Å². The van der Waals surface area contributed by atoms with Gasteiger partial charge in [0.15, 0.2) is 5.76 Å². The summed E-state index contributed by atoms with van der Waals surface area (Å²) in [6.07, 6.45) is -0.895. The predicted molar refractivity (Wildman–Crippen MR) is 75.2 cm³/mol. The summed E-state index contributed by atoms with van der Waals surface area (Å²) in [5.41, 5.74) is 1.51. The third-order valence-corrected chi connectivity index (χ3v) is 2.79. The molecule has 0 saturated heterocycles. The average Bonchev–Trinajstić information content (AvgIpc) is 2.83. The zero-order valence-corrected chi connectivity index (χ0v) is 11.8. The minimum absolute atomic E-state index is 0.0112. The van der Waals surface area contributed by atoms with Gasteiger partial charge in [-0.25, -0.2) is 0 Å². The minimum atomic E-state index is -0.895. The van der Waals surface area contributed by atoms with Crippen molar-refractivity contribution in [2.75, 3.05) is 0 Å². The lowest BCUT2D eigenvalue weighted by molar-refractivity contribution is 0.0930. The fourth-order valence-corrected chi connectivity index (χ4v) is 1.93. The summed E-state index contributed by atoms with van der Waals surface area (Å²) in [6.45, 7) is 5.28. The Hall–Kier alpha value is -2.14. The first-order valence-electron chi connectivity index (χ1n) is 6.54. The van der Waals surface area contributed by atoms with E-state index in [4.69, 9.17) is 4.52 Å². The van der Waals surface area contributed by atoms with Crippen LogP contribution in [0, 0.1) is 0 Å². The van der Waals surface area contributed by atoms with Crippen LogP contribution in [0.25, 0.3) is 11.3 Å². The lowest BCUT2D eigenvalue weighted by atomic mass is 10.0. The topological polar surface area (TPSA) is 75.4 Å². The maximum Gasteiger partial charge on any atom is 0.257 e. The molecule has 5 nitrogen and oxygen atoms in total. The van der Waals surface area contributed by atoms with Crippen LogP contribution in [0.3, 0.4) is 0 Å². The van der Waals surface area contributed by atoms with Crippen LogP contribution in [0.15, 0.2) is 34.9 Å². The highest BCUT2D eigenvalue weighted by Crippen LogP contribution is 2.28. The van der Waals surface area contributed by atoms with Crippen LogP contribution >= 0.6 is 0 Å². The molecule has 0 aliphatic carbocycles. The summed E-state index contributed by atoms with van der Waals surface area (Å²) in [6, 6.07) is 9.27. The van der Waals surface area contributed by atoms with Gasteiger partial charge in [0, 0.05) is 11.6 Å². The first-order valence-corrected chi connectivity index (χ1v) is 6.54. The molecule has 1 amide bonds. The van der Waals surface area contributed by atoms with Gasteiger partial charge in [-0.2, -0.15) is 0 Å². The molecule has 0 spiro atoms. The second kappa shape index (κ2) is 5.88. The summed E-state index contributed by atoms with van der Waals surface area (Å²) >= 11 is 0. The van der Waals surface area contributed by atoms with Gasteiger partial charge < -0.3 is 14.9 Å². The lowest BCUT2D eigenvalue weighted by Crippen LogP contribution is -2.31. The first kappa shape index (κ1) is 14.3. The summed E-state index contributed by atoms with van der Waals surface area (Å²) in [4.78, 5) is 12.3. The molecule has 2 rings (SSSR count). The van der Waals surface area contributed by atoms with Crippen molar-refractivity contribution in [3.8, 4) is 11.3 Å². The standard InChI is InChI=1S/C15H18N2O3/c1-9(2)16-15(19)12-13(11-7-5-4-6-8-11)17-20-14(12)10(3)18/h4-10,18H,1-3H3,(H,16,19). The number of nitrogens with one attached hydrogen (secondary N) is 1. The van der Waals surface area contributed by atoms with E-state index in [1.165, 1.54) is 0 Å². The SMILES string of the molecule is CC(C)NC(=O)c1c(-c2ccccc2)noc1C(C)O. The highest BCUT2D eigenvalue weighted by molar-refractivity contribution is 6.01. The number of benzene rings is 1. The number of aromatic nitrogens is 1. The number of rotatable bonds is 4. The Morgan fingerprint density at radius 2 is 1.90 bits per heavy atom. The van der Waals surface area contributed by atoms with Crippen molar-refractivity contribution < 1.29 is 14.4 Å². The Bertz CT molecular complexity index is 588. The molecule has 0 saturated carbocycles. The number of carbonyl (C=O) groups excluding carboxylic acids is 1. The monoisotopic (exact) mass is 274 g/mol. The highest BCUT2D eigenvalue weighted by Gasteiger charge is 2.26. The number of aliphatic hydroxyl groups is 1. The molecule has 2 aromatic rings. The van der Waals surface area contributed by atoms with E-state index >= 15 is 0 Å². The van der Waals surface area contributed by atoms with E-state index in [0.717, 1.165) is 5.56 Å². The minimum Gasteiger partial charge on any atom is -0.385 e. The van der Waals surface area contributed by atoms with E-state index in [1.807, 2.05) is 44.2 Å². The molecule has 1 atom stereocenters. The molecule has 1 aromatic carbocycles. The Balaban J connectivity index is 2.51. The van der Waals surface area contributed by atoms with Gasteiger partial charge >= 0.3 is 0 Å². The van der Waals surface area contributed by atoms with Gasteiger partial charge in [-0.15, -0.1) is 0 Å². The highest BCUT2D eigenvalue weighted by atomic mass is 16.5. The Labute approximate surface area is 117 Å². The number of nitrogens with zero attached hydrogens (tertiary/aromatic N) is 1. The average molecular weight is 274 g/mol. The molecule has 0 radical (unpaired) electrons.